The van der Waals surface area contributed by atoms with Gasteiger partial charge in [0.2, 0.25) is 0 Å². The van der Waals surface area contributed by atoms with Crippen LogP contribution < -0.4 is 5.32 Å². The summed E-state index contributed by atoms with van der Waals surface area (Å²) in [5.74, 6) is -0.270. The van der Waals surface area contributed by atoms with Crippen molar-refractivity contribution in [2.75, 3.05) is 0 Å². The van der Waals surface area contributed by atoms with E-state index in [2.05, 4.69) is 20.7 Å². The van der Waals surface area contributed by atoms with E-state index in [4.69, 9.17) is 11.6 Å². The van der Waals surface area contributed by atoms with Crippen LogP contribution in [0.1, 0.15) is 16.1 Å². The van der Waals surface area contributed by atoms with E-state index in [1.165, 1.54) is 6.20 Å². The van der Waals surface area contributed by atoms with Gasteiger partial charge in [-0.05, 0) is 17.7 Å². The number of nitrogens with zero attached hydrogens (tertiary/aromatic N) is 2. The van der Waals surface area contributed by atoms with Gasteiger partial charge < -0.3 is 5.32 Å². The molecule has 0 spiro atoms. The predicted molar refractivity (Wildman–Crippen MR) is 59.0 cm³/mol. The van der Waals surface area contributed by atoms with Crippen LogP contribution >= 0.6 is 11.6 Å². The quantitative estimate of drug-likeness (QED) is 0.846. The molecular weight excluding hydrogens is 228 g/mol. The minimum Gasteiger partial charge on any atom is -0.347 e. The first kappa shape index (κ1) is 10.6. The molecule has 5 nitrogen and oxygen atoms in total. The van der Waals surface area contributed by atoms with Crippen molar-refractivity contribution in [1.82, 2.24) is 20.7 Å². The fourth-order valence-electron chi connectivity index (χ4n) is 1.23. The number of hydrogen-bond donors (Lipinski definition) is 2. The van der Waals surface area contributed by atoms with Gasteiger partial charge in [-0.15, -0.1) is 0 Å². The second-order valence-electron chi connectivity index (χ2n) is 3.17. The first-order chi connectivity index (χ1) is 7.75. The van der Waals surface area contributed by atoms with Crippen molar-refractivity contribution in [3.05, 3.63) is 46.7 Å². The molecule has 6 heteroatoms. The van der Waals surface area contributed by atoms with E-state index in [0.29, 0.717) is 11.6 Å². The van der Waals surface area contributed by atoms with E-state index >= 15 is 0 Å². The smallest absolute Gasteiger partial charge is 0.273 e. The van der Waals surface area contributed by atoms with E-state index in [-0.39, 0.29) is 11.6 Å². The number of rotatable bonds is 3. The van der Waals surface area contributed by atoms with Crippen LogP contribution in [0.4, 0.5) is 0 Å². The number of hydrogen-bond acceptors (Lipinski definition) is 3. The molecule has 0 aliphatic carbocycles. The molecular formula is C10H9ClN4O. The Balaban J connectivity index is 1.95. The van der Waals surface area contributed by atoms with Gasteiger partial charge in [0, 0.05) is 11.6 Å². The zero-order valence-corrected chi connectivity index (χ0v) is 9.03. The molecule has 1 amide bonds. The van der Waals surface area contributed by atoms with E-state index in [9.17, 15) is 4.79 Å². The Morgan fingerprint density at radius 2 is 2.38 bits per heavy atom. The average molecular weight is 237 g/mol. The molecule has 0 atom stereocenters. The van der Waals surface area contributed by atoms with Gasteiger partial charge >= 0.3 is 0 Å². The highest BCUT2D eigenvalue weighted by atomic mass is 35.5. The van der Waals surface area contributed by atoms with E-state index in [1.54, 1.807) is 12.1 Å². The molecule has 16 heavy (non-hydrogen) atoms. The van der Waals surface area contributed by atoms with Crippen molar-refractivity contribution in [1.29, 1.82) is 0 Å². The summed E-state index contributed by atoms with van der Waals surface area (Å²) in [5.41, 5.74) is 1.20. The maximum atomic E-state index is 11.5. The molecule has 0 saturated heterocycles. The van der Waals surface area contributed by atoms with Gasteiger partial charge in [-0.25, -0.2) is 0 Å². The third-order valence-electron chi connectivity index (χ3n) is 1.99. The van der Waals surface area contributed by atoms with Crippen molar-refractivity contribution in [2.45, 2.75) is 6.54 Å². The van der Waals surface area contributed by atoms with Crippen molar-refractivity contribution in [2.24, 2.45) is 0 Å². The summed E-state index contributed by atoms with van der Waals surface area (Å²) in [5, 5.41) is 13.0. The molecule has 0 unspecified atom stereocenters. The van der Waals surface area contributed by atoms with Crippen LogP contribution in [0.2, 0.25) is 5.02 Å². The highest BCUT2D eigenvalue weighted by Gasteiger charge is 2.07. The molecule has 2 aromatic rings. The number of H-pyrrole nitrogens is 1. The average Bonchev–Trinajstić information content (AvgIpc) is 2.79. The molecule has 0 aliphatic rings. The predicted octanol–water partition coefficient (Wildman–Crippen LogP) is 1.39. The van der Waals surface area contributed by atoms with Gasteiger partial charge in [-0.2, -0.15) is 15.4 Å². The van der Waals surface area contributed by atoms with E-state index in [0.717, 1.165) is 5.56 Å². The number of carbonyl (C=O) groups excluding carboxylic acids is 1. The van der Waals surface area contributed by atoms with Crippen molar-refractivity contribution in [3.63, 3.8) is 0 Å². The van der Waals surface area contributed by atoms with E-state index in [1.807, 2.05) is 12.1 Å². The SMILES string of the molecule is O=C(NCc1cccc(Cl)c1)c1cn[nH]n1. The summed E-state index contributed by atoms with van der Waals surface area (Å²) in [6, 6.07) is 7.30. The van der Waals surface area contributed by atoms with E-state index < -0.39 is 0 Å². The Kier molecular flexibility index (Phi) is 3.16. The zero-order valence-electron chi connectivity index (χ0n) is 8.27. The van der Waals surface area contributed by atoms with Gasteiger partial charge in [0.1, 0.15) is 0 Å². The van der Waals surface area contributed by atoms with Crippen molar-refractivity contribution >= 4 is 17.5 Å². The Morgan fingerprint density at radius 3 is 3.06 bits per heavy atom. The number of carbonyl (C=O) groups is 1. The van der Waals surface area contributed by atoms with Crippen LogP contribution in [0.25, 0.3) is 0 Å². The summed E-state index contributed by atoms with van der Waals surface area (Å²) in [6.45, 7) is 0.409. The summed E-state index contributed by atoms with van der Waals surface area (Å²) in [6.07, 6.45) is 1.37. The molecule has 0 aliphatic heterocycles. The summed E-state index contributed by atoms with van der Waals surface area (Å²) < 4.78 is 0. The lowest BCUT2D eigenvalue weighted by atomic mass is 10.2. The Hall–Kier alpha value is -1.88. The number of aromatic nitrogens is 3. The fourth-order valence-corrected chi connectivity index (χ4v) is 1.44. The lowest BCUT2D eigenvalue weighted by molar-refractivity contribution is 0.0946. The molecule has 0 bridgehead atoms. The fraction of sp³-hybridized carbons (Fsp3) is 0.100. The van der Waals surface area contributed by atoms with Crippen molar-refractivity contribution < 1.29 is 4.79 Å². The van der Waals surface area contributed by atoms with Crippen LogP contribution in [0.15, 0.2) is 30.5 Å². The number of amides is 1. The molecule has 1 aromatic carbocycles. The third kappa shape index (κ3) is 2.58. The minimum absolute atomic E-state index is 0.266. The second-order valence-corrected chi connectivity index (χ2v) is 3.60. The Labute approximate surface area is 96.8 Å². The molecule has 0 radical (unpaired) electrons. The maximum absolute atomic E-state index is 11.5. The van der Waals surface area contributed by atoms with Gasteiger partial charge in [-0.1, -0.05) is 23.7 Å². The first-order valence-corrected chi connectivity index (χ1v) is 5.02. The maximum Gasteiger partial charge on any atom is 0.273 e. The second kappa shape index (κ2) is 4.76. The van der Waals surface area contributed by atoms with Crippen LogP contribution in [0.5, 0.6) is 0 Å². The highest BCUT2D eigenvalue weighted by Crippen LogP contribution is 2.10. The third-order valence-corrected chi connectivity index (χ3v) is 2.22. The van der Waals surface area contributed by atoms with Crippen LogP contribution in [0, 0.1) is 0 Å². The van der Waals surface area contributed by atoms with Crippen LogP contribution in [0.3, 0.4) is 0 Å². The normalized spacial score (nSPS) is 10.1. The standard InChI is InChI=1S/C10H9ClN4O/c11-8-3-1-2-7(4-8)5-12-10(16)9-6-13-15-14-9/h1-4,6H,5H2,(H,12,16)(H,13,14,15). The summed E-state index contributed by atoms with van der Waals surface area (Å²) >= 11 is 5.82. The topological polar surface area (TPSA) is 70.7 Å². The van der Waals surface area contributed by atoms with Crippen molar-refractivity contribution in [3.8, 4) is 0 Å². The summed E-state index contributed by atoms with van der Waals surface area (Å²) in [7, 11) is 0. The zero-order chi connectivity index (χ0) is 11.4. The number of halogens is 1. The van der Waals surface area contributed by atoms with Crippen LogP contribution in [-0.4, -0.2) is 21.3 Å². The monoisotopic (exact) mass is 236 g/mol. The molecule has 2 N–H and O–H groups in total. The summed E-state index contributed by atoms with van der Waals surface area (Å²) in [4.78, 5) is 11.5. The molecule has 0 saturated carbocycles. The Bertz CT molecular complexity index is 483. The van der Waals surface area contributed by atoms with Gasteiger partial charge in [0.25, 0.3) is 5.91 Å². The van der Waals surface area contributed by atoms with Crippen LogP contribution in [-0.2, 0) is 6.54 Å². The number of benzene rings is 1. The molecule has 2 rings (SSSR count). The molecule has 1 aromatic heterocycles. The molecule has 0 fully saturated rings. The minimum atomic E-state index is -0.270. The lowest BCUT2D eigenvalue weighted by Crippen LogP contribution is -2.23. The highest BCUT2D eigenvalue weighted by molar-refractivity contribution is 6.30. The first-order valence-electron chi connectivity index (χ1n) is 4.64. The number of aromatic amines is 1. The largest absolute Gasteiger partial charge is 0.347 e. The van der Waals surface area contributed by atoms with Gasteiger partial charge in [0.15, 0.2) is 5.69 Å². The molecule has 82 valence electrons. The van der Waals surface area contributed by atoms with Gasteiger partial charge in [-0.3, -0.25) is 4.79 Å². The van der Waals surface area contributed by atoms with Gasteiger partial charge in [0.05, 0.1) is 6.20 Å². The Morgan fingerprint density at radius 1 is 1.50 bits per heavy atom. The number of nitrogens with one attached hydrogen (secondary N) is 2. The lowest BCUT2D eigenvalue weighted by Gasteiger charge is -2.03. The molecule has 1 heterocycles.